The van der Waals surface area contributed by atoms with Crippen molar-refractivity contribution in [2.45, 2.75) is 172 Å². The molecule has 9 N–H and O–H groups in total. The van der Waals surface area contributed by atoms with Gasteiger partial charge in [0, 0.05) is 26.1 Å². The van der Waals surface area contributed by atoms with Crippen molar-refractivity contribution in [1.82, 2.24) is 46.7 Å². The number of carbonyl (C=O) groups is 7. The van der Waals surface area contributed by atoms with Gasteiger partial charge >= 0.3 is 5.97 Å². The molecule has 23 heteroatoms. The van der Waals surface area contributed by atoms with Gasteiger partial charge in [0.2, 0.25) is 5.79 Å². The predicted molar refractivity (Wildman–Crippen MR) is 216 cm³/mol. The molecular formula is C40H67N9O14. The molecule has 0 aromatic carbocycles. The number of nitrogens with zero attached hydrogens (tertiary/aromatic N) is 5. The molecule has 0 aliphatic carbocycles. The van der Waals surface area contributed by atoms with Crippen LogP contribution in [0.4, 0.5) is 0 Å². The SMILES string of the molecule is CCC[C@H]1CC[C@](O)([C@](C)(O)C(=O)N[C@@H]2C(=O)N3NCCC[C@@H]3C(=O)N(O)CC(=O)N3NCCC[C@@H]3C(=O)N3NCCC[C@H]3C(=O)N(O)C([C@H](C)O)C(=O)O[C@H]2C(C)C)O[C@@H]1CC. The molecule has 11 atom stereocenters. The van der Waals surface area contributed by atoms with Gasteiger partial charge in [-0.15, -0.1) is 0 Å². The summed E-state index contributed by atoms with van der Waals surface area (Å²) in [5, 5.41) is 62.5. The summed E-state index contributed by atoms with van der Waals surface area (Å²) in [5.41, 5.74) is 5.71. The molecule has 5 heterocycles. The zero-order valence-corrected chi connectivity index (χ0v) is 37.0. The van der Waals surface area contributed by atoms with E-state index in [0.29, 0.717) is 32.1 Å². The van der Waals surface area contributed by atoms with Crippen LogP contribution in [0.2, 0.25) is 0 Å². The van der Waals surface area contributed by atoms with Crippen LogP contribution in [-0.4, -0.2) is 178 Å². The van der Waals surface area contributed by atoms with Crippen LogP contribution in [0.25, 0.3) is 0 Å². The summed E-state index contributed by atoms with van der Waals surface area (Å²) in [4.78, 5) is 99.7. The first kappa shape index (κ1) is 49.9. The van der Waals surface area contributed by atoms with Crippen molar-refractivity contribution in [3.8, 4) is 0 Å². The van der Waals surface area contributed by atoms with E-state index in [9.17, 15) is 59.3 Å². The summed E-state index contributed by atoms with van der Waals surface area (Å²) >= 11 is 0. The molecular weight excluding hydrogens is 830 g/mol. The van der Waals surface area contributed by atoms with Crippen LogP contribution < -0.4 is 21.6 Å². The van der Waals surface area contributed by atoms with E-state index in [4.69, 9.17) is 9.47 Å². The Labute approximate surface area is 366 Å². The fraction of sp³-hybridized carbons (Fsp3) is 0.825. The largest absolute Gasteiger partial charge is 0.458 e. The number of cyclic esters (lactones) is 1. The third kappa shape index (κ3) is 10.4. The molecule has 5 aliphatic rings. The average molecular weight is 898 g/mol. The van der Waals surface area contributed by atoms with Gasteiger partial charge in [-0.25, -0.2) is 31.2 Å². The first-order valence-electron chi connectivity index (χ1n) is 22.2. The Hall–Kier alpha value is -4.07. The molecule has 23 nitrogen and oxygen atoms in total. The van der Waals surface area contributed by atoms with E-state index in [-0.39, 0.29) is 61.4 Å². The Kier molecular flexibility index (Phi) is 16.5. The van der Waals surface area contributed by atoms with Crippen molar-refractivity contribution >= 4 is 41.4 Å². The molecule has 0 aromatic heterocycles. The van der Waals surface area contributed by atoms with Crippen molar-refractivity contribution < 1.29 is 68.8 Å². The summed E-state index contributed by atoms with van der Waals surface area (Å²) in [6.07, 6.45) is -0.713. The molecule has 0 saturated carbocycles. The molecule has 63 heavy (non-hydrogen) atoms. The molecule has 5 aliphatic heterocycles. The molecule has 1 unspecified atom stereocenters. The zero-order chi connectivity index (χ0) is 46.6. The van der Waals surface area contributed by atoms with Crippen LogP contribution in [0.15, 0.2) is 0 Å². The number of hydrazine groups is 3. The van der Waals surface area contributed by atoms with E-state index < -0.39 is 114 Å². The number of ether oxygens (including phenoxy) is 2. The Morgan fingerprint density at radius 2 is 1.38 bits per heavy atom. The lowest BCUT2D eigenvalue weighted by Gasteiger charge is -2.48. The quantitative estimate of drug-likeness (QED) is 0.0956. The Bertz CT molecular complexity index is 1700. The highest BCUT2D eigenvalue weighted by Gasteiger charge is 2.58. The van der Waals surface area contributed by atoms with Gasteiger partial charge in [0.15, 0.2) is 11.6 Å². The van der Waals surface area contributed by atoms with Gasteiger partial charge in [-0.3, -0.25) is 54.2 Å². The minimum atomic E-state index is -2.74. The van der Waals surface area contributed by atoms with Crippen molar-refractivity contribution in [2.75, 3.05) is 26.2 Å². The number of hydrogen-bond acceptors (Lipinski definition) is 17. The fourth-order valence-electron chi connectivity index (χ4n) is 9.17. The van der Waals surface area contributed by atoms with Crippen LogP contribution in [0.3, 0.4) is 0 Å². The number of hydrogen-bond donors (Lipinski definition) is 9. The number of aliphatic hydroxyl groups is 3. The summed E-state index contributed by atoms with van der Waals surface area (Å²) in [6, 6.07) is -8.40. The standard InChI is InChI=1S/C40H67N9O14/c1-7-12-24-16-17-40(59,63-28(24)8-2)39(6,58)38(57)44-30-32(22(3)4)62-37(56)31(23(5)50)49(61)35(54)27-15-11-19-42-47(27)34(53)26-14-10-18-41-46(26)29(51)21-45(60)33(52)25-13-9-20-43-48(25)36(30)55/h22-28,30-32,41-43,50,58-61H,7-21H2,1-6H3,(H,44,57)/t23-,24-,25+,26+,27-,28+,30-,31?,32-,39+,40+/m0/s1. The van der Waals surface area contributed by atoms with Gasteiger partial charge < -0.3 is 30.1 Å². The van der Waals surface area contributed by atoms with Crippen LogP contribution in [0.5, 0.6) is 0 Å². The van der Waals surface area contributed by atoms with Crippen LogP contribution in [-0.2, 0) is 43.0 Å². The highest BCUT2D eigenvalue weighted by Crippen LogP contribution is 2.41. The zero-order valence-electron chi connectivity index (χ0n) is 37.0. The first-order chi connectivity index (χ1) is 29.7. The third-order valence-electron chi connectivity index (χ3n) is 12.9. The molecule has 356 valence electrons. The number of hydroxylamine groups is 4. The second-order valence-corrected chi connectivity index (χ2v) is 17.7. The van der Waals surface area contributed by atoms with Crippen molar-refractivity contribution in [2.24, 2.45) is 11.8 Å². The van der Waals surface area contributed by atoms with Crippen LogP contribution >= 0.6 is 0 Å². The number of fused-ring (bicyclic) bond motifs is 3. The smallest absolute Gasteiger partial charge is 0.334 e. The lowest BCUT2D eigenvalue weighted by atomic mass is 9.80. The lowest BCUT2D eigenvalue weighted by Crippen LogP contribution is -2.70. The van der Waals surface area contributed by atoms with Crippen LogP contribution in [0, 0.1) is 11.8 Å². The van der Waals surface area contributed by atoms with E-state index in [2.05, 4.69) is 21.6 Å². The van der Waals surface area contributed by atoms with Gasteiger partial charge in [0.1, 0.15) is 36.8 Å². The molecule has 0 bridgehead atoms. The van der Waals surface area contributed by atoms with Gasteiger partial charge in [0.05, 0.1) is 12.2 Å². The summed E-state index contributed by atoms with van der Waals surface area (Å²) in [6.45, 7) is 8.54. The number of esters is 1. The Balaban J connectivity index is 1.59. The van der Waals surface area contributed by atoms with Crippen LogP contribution in [0.1, 0.15) is 112 Å². The number of amides is 6. The van der Waals surface area contributed by atoms with E-state index in [0.717, 1.165) is 41.7 Å². The second-order valence-electron chi connectivity index (χ2n) is 17.7. The predicted octanol–water partition coefficient (Wildman–Crippen LogP) is -1.83. The molecule has 5 saturated heterocycles. The monoisotopic (exact) mass is 897 g/mol. The normalized spacial score (nSPS) is 33.9. The Morgan fingerprint density at radius 3 is 1.92 bits per heavy atom. The van der Waals surface area contributed by atoms with E-state index in [1.165, 1.54) is 13.8 Å². The highest BCUT2D eigenvalue weighted by molar-refractivity contribution is 5.97. The number of aliphatic hydroxyl groups excluding tert-OH is 1. The molecule has 6 amide bonds. The topological polar surface area (TPSA) is 303 Å². The minimum Gasteiger partial charge on any atom is -0.458 e. The highest BCUT2D eigenvalue weighted by atomic mass is 16.6. The molecule has 0 spiro atoms. The lowest BCUT2D eigenvalue weighted by molar-refractivity contribution is -0.328. The number of rotatable bonds is 8. The van der Waals surface area contributed by atoms with Crippen molar-refractivity contribution in [1.29, 1.82) is 0 Å². The van der Waals surface area contributed by atoms with E-state index >= 15 is 0 Å². The summed E-state index contributed by atoms with van der Waals surface area (Å²) < 4.78 is 11.9. The van der Waals surface area contributed by atoms with Gasteiger partial charge in [-0.05, 0) is 83.5 Å². The van der Waals surface area contributed by atoms with Gasteiger partial charge in [-0.1, -0.05) is 34.1 Å². The van der Waals surface area contributed by atoms with Gasteiger partial charge in [0.25, 0.3) is 35.4 Å². The van der Waals surface area contributed by atoms with Gasteiger partial charge in [-0.2, -0.15) is 0 Å². The maximum Gasteiger partial charge on any atom is 0.334 e. The van der Waals surface area contributed by atoms with Crippen molar-refractivity contribution in [3.63, 3.8) is 0 Å². The fourth-order valence-corrected chi connectivity index (χ4v) is 9.17. The maximum atomic E-state index is 14.9. The van der Waals surface area contributed by atoms with Crippen molar-refractivity contribution in [3.05, 3.63) is 0 Å². The second kappa shape index (κ2) is 20.8. The summed E-state index contributed by atoms with van der Waals surface area (Å²) in [5.74, 6) is -11.2. The molecule has 0 radical (unpaired) electrons. The molecule has 5 rings (SSSR count). The number of nitrogens with one attached hydrogen (secondary N) is 4. The van der Waals surface area contributed by atoms with E-state index in [1.54, 1.807) is 0 Å². The third-order valence-corrected chi connectivity index (χ3v) is 12.9. The first-order valence-corrected chi connectivity index (χ1v) is 22.2. The summed E-state index contributed by atoms with van der Waals surface area (Å²) in [7, 11) is 0. The molecule has 5 fully saturated rings. The average Bonchev–Trinajstić information content (AvgIpc) is 3.26. The number of carbonyl (C=O) groups excluding carboxylic acids is 7. The molecule has 0 aromatic rings. The minimum absolute atomic E-state index is 0.0150. The maximum absolute atomic E-state index is 14.9. The van der Waals surface area contributed by atoms with E-state index in [1.807, 2.05) is 13.8 Å². The Morgan fingerprint density at radius 1 is 0.841 bits per heavy atom.